The zero-order valence-electron chi connectivity index (χ0n) is 11.5. The molecule has 0 aliphatic heterocycles. The van der Waals surface area contributed by atoms with Gasteiger partial charge in [-0.1, -0.05) is 17.7 Å². The number of pyridine rings is 1. The molecule has 2 aromatic heterocycles. The first kappa shape index (κ1) is 15.5. The van der Waals surface area contributed by atoms with Crippen molar-refractivity contribution in [3.05, 3.63) is 58.0 Å². The number of nitrogens with two attached hydrogens (primary N) is 1. The summed E-state index contributed by atoms with van der Waals surface area (Å²) in [6, 6.07) is 7.27. The van der Waals surface area contributed by atoms with Crippen molar-refractivity contribution in [2.75, 3.05) is 12.3 Å². The lowest BCUT2D eigenvalue weighted by atomic mass is 10.2. The maximum absolute atomic E-state index is 12.4. The van der Waals surface area contributed by atoms with Gasteiger partial charge in [0, 0.05) is 17.1 Å². The highest BCUT2D eigenvalue weighted by molar-refractivity contribution is 7.16. The van der Waals surface area contributed by atoms with E-state index in [0.29, 0.717) is 24.5 Å². The van der Waals surface area contributed by atoms with Gasteiger partial charge in [0.05, 0.1) is 29.2 Å². The summed E-state index contributed by atoms with van der Waals surface area (Å²) in [7, 11) is 0. The third-order valence-corrected chi connectivity index (χ3v) is 4.07. The van der Waals surface area contributed by atoms with E-state index < -0.39 is 0 Å². The second-order valence-electron chi connectivity index (χ2n) is 4.53. The first-order valence-electron chi connectivity index (χ1n) is 6.42. The first-order valence-corrected chi connectivity index (χ1v) is 7.61. The number of amides is 1. The first-order chi connectivity index (χ1) is 10.1. The molecular formula is C15H16ClN3OS. The summed E-state index contributed by atoms with van der Waals surface area (Å²) in [4.78, 5) is 19.3. The van der Waals surface area contributed by atoms with Crippen molar-refractivity contribution in [1.29, 1.82) is 0 Å². The molecular weight excluding hydrogens is 306 g/mol. The molecule has 0 atom stereocenters. The molecule has 0 bridgehead atoms. The predicted octanol–water partition coefficient (Wildman–Crippen LogP) is 3.14. The van der Waals surface area contributed by atoms with Crippen molar-refractivity contribution < 1.29 is 4.79 Å². The number of aromatic nitrogens is 1. The van der Waals surface area contributed by atoms with Crippen molar-refractivity contribution in [3.8, 4) is 0 Å². The Hall–Kier alpha value is -1.85. The molecule has 6 heteroatoms. The number of halogens is 1. The quantitative estimate of drug-likeness (QED) is 0.831. The third-order valence-electron chi connectivity index (χ3n) is 2.86. The Morgan fingerprint density at radius 2 is 2.24 bits per heavy atom. The zero-order valence-corrected chi connectivity index (χ0v) is 13.0. The summed E-state index contributed by atoms with van der Waals surface area (Å²) < 4.78 is 0.719. The molecule has 0 aromatic carbocycles. The summed E-state index contributed by atoms with van der Waals surface area (Å²) in [5.41, 5.74) is 6.87. The monoisotopic (exact) mass is 321 g/mol. The minimum Gasteiger partial charge on any atom is -0.397 e. The minimum atomic E-state index is -0.00306. The van der Waals surface area contributed by atoms with Crippen molar-refractivity contribution >= 4 is 34.5 Å². The second kappa shape index (κ2) is 7.24. The molecule has 0 radical (unpaired) electrons. The van der Waals surface area contributed by atoms with Crippen molar-refractivity contribution in [1.82, 2.24) is 9.88 Å². The average Bonchev–Trinajstić information content (AvgIpc) is 2.86. The van der Waals surface area contributed by atoms with Gasteiger partial charge in [0.25, 0.3) is 0 Å². The molecule has 0 fully saturated rings. The van der Waals surface area contributed by atoms with Gasteiger partial charge in [0.2, 0.25) is 5.91 Å². The van der Waals surface area contributed by atoms with Gasteiger partial charge in [-0.2, -0.15) is 0 Å². The van der Waals surface area contributed by atoms with Gasteiger partial charge >= 0.3 is 0 Å². The molecule has 0 saturated carbocycles. The van der Waals surface area contributed by atoms with E-state index in [0.717, 1.165) is 9.21 Å². The van der Waals surface area contributed by atoms with Crippen molar-refractivity contribution in [2.24, 2.45) is 0 Å². The Morgan fingerprint density at radius 3 is 2.81 bits per heavy atom. The third kappa shape index (κ3) is 4.58. The van der Waals surface area contributed by atoms with Crippen LogP contribution in [0.1, 0.15) is 10.6 Å². The summed E-state index contributed by atoms with van der Waals surface area (Å²) in [5, 5.41) is 0. The van der Waals surface area contributed by atoms with E-state index in [-0.39, 0.29) is 12.3 Å². The van der Waals surface area contributed by atoms with Crippen LogP contribution in [0.3, 0.4) is 0 Å². The Bertz CT molecular complexity index is 624. The van der Waals surface area contributed by atoms with Gasteiger partial charge in [0.15, 0.2) is 0 Å². The van der Waals surface area contributed by atoms with E-state index in [4.69, 9.17) is 17.3 Å². The van der Waals surface area contributed by atoms with Crippen molar-refractivity contribution in [3.63, 3.8) is 0 Å². The smallest absolute Gasteiger partial charge is 0.229 e. The van der Waals surface area contributed by atoms with Crippen LogP contribution < -0.4 is 5.73 Å². The molecule has 1 amide bonds. The van der Waals surface area contributed by atoms with Crippen LogP contribution in [0.25, 0.3) is 0 Å². The molecule has 0 aliphatic rings. The minimum absolute atomic E-state index is 0.00306. The molecule has 110 valence electrons. The SMILES string of the molecule is C=CCN(Cc1ccc(Cl)s1)C(=O)Cc1ccc(N)cn1. The van der Waals surface area contributed by atoms with Gasteiger partial charge in [0.1, 0.15) is 0 Å². The predicted molar refractivity (Wildman–Crippen MR) is 87.3 cm³/mol. The number of anilines is 1. The van der Waals surface area contributed by atoms with Gasteiger partial charge in [-0.3, -0.25) is 9.78 Å². The van der Waals surface area contributed by atoms with Gasteiger partial charge < -0.3 is 10.6 Å². The van der Waals surface area contributed by atoms with Gasteiger partial charge in [-0.15, -0.1) is 17.9 Å². The highest BCUT2D eigenvalue weighted by Crippen LogP contribution is 2.23. The Kier molecular flexibility index (Phi) is 5.36. The number of carbonyl (C=O) groups is 1. The average molecular weight is 322 g/mol. The zero-order chi connectivity index (χ0) is 15.2. The molecule has 2 heterocycles. The molecule has 2 rings (SSSR count). The fourth-order valence-corrected chi connectivity index (χ4v) is 2.95. The summed E-state index contributed by atoms with van der Waals surface area (Å²) in [6.45, 7) is 4.71. The number of thiophene rings is 1. The number of hydrogen-bond acceptors (Lipinski definition) is 4. The van der Waals surface area contributed by atoms with Crippen molar-refractivity contribution in [2.45, 2.75) is 13.0 Å². The summed E-state index contributed by atoms with van der Waals surface area (Å²) >= 11 is 7.39. The lowest BCUT2D eigenvalue weighted by molar-refractivity contribution is -0.130. The largest absolute Gasteiger partial charge is 0.397 e. The van der Waals surface area contributed by atoms with Gasteiger partial charge in [-0.25, -0.2) is 0 Å². The van der Waals surface area contributed by atoms with Crippen LogP contribution in [0, 0.1) is 0 Å². The van der Waals surface area contributed by atoms with Crippen LogP contribution in [0.4, 0.5) is 5.69 Å². The topological polar surface area (TPSA) is 59.2 Å². The Morgan fingerprint density at radius 1 is 1.43 bits per heavy atom. The van der Waals surface area contributed by atoms with Gasteiger partial charge in [-0.05, 0) is 24.3 Å². The molecule has 0 aliphatic carbocycles. The lowest BCUT2D eigenvalue weighted by Crippen LogP contribution is -2.31. The van der Waals surface area contributed by atoms with E-state index in [2.05, 4.69) is 11.6 Å². The van der Waals surface area contributed by atoms with Crippen LogP contribution in [0.15, 0.2) is 43.1 Å². The number of hydrogen-bond donors (Lipinski definition) is 1. The molecule has 21 heavy (non-hydrogen) atoms. The maximum Gasteiger partial charge on any atom is 0.229 e. The van der Waals surface area contributed by atoms with Crippen LogP contribution >= 0.6 is 22.9 Å². The lowest BCUT2D eigenvalue weighted by Gasteiger charge is -2.20. The molecule has 2 aromatic rings. The van der Waals surface area contributed by atoms with Crippen LogP contribution in [0.2, 0.25) is 4.34 Å². The second-order valence-corrected chi connectivity index (χ2v) is 6.33. The highest BCUT2D eigenvalue weighted by atomic mass is 35.5. The summed E-state index contributed by atoms with van der Waals surface area (Å²) in [5.74, 6) is -0.00306. The van der Waals surface area contributed by atoms with E-state index in [1.165, 1.54) is 11.3 Å². The normalized spacial score (nSPS) is 10.3. The van der Waals surface area contributed by atoms with E-state index in [1.807, 2.05) is 12.1 Å². The Labute approximate surface area is 132 Å². The molecule has 0 saturated heterocycles. The van der Waals surface area contributed by atoms with Crippen LogP contribution in [-0.4, -0.2) is 22.3 Å². The molecule has 0 unspecified atom stereocenters. The molecule has 4 nitrogen and oxygen atoms in total. The number of rotatable bonds is 6. The fraction of sp³-hybridized carbons (Fsp3) is 0.200. The maximum atomic E-state index is 12.4. The Balaban J connectivity index is 2.04. The van der Waals surface area contributed by atoms with E-state index >= 15 is 0 Å². The summed E-state index contributed by atoms with van der Waals surface area (Å²) in [6.07, 6.45) is 3.51. The van der Waals surface area contributed by atoms with E-state index in [9.17, 15) is 4.79 Å². The standard InChI is InChI=1S/C15H16ClN3OS/c1-2-7-19(10-13-5-6-14(16)21-13)15(20)8-12-4-3-11(17)9-18-12/h2-6,9H,1,7-8,10,17H2. The van der Waals surface area contributed by atoms with Crippen LogP contribution in [0.5, 0.6) is 0 Å². The number of nitrogens with zero attached hydrogens (tertiary/aromatic N) is 2. The molecule has 0 spiro atoms. The van der Waals surface area contributed by atoms with Crippen LogP contribution in [-0.2, 0) is 17.8 Å². The fourth-order valence-electron chi connectivity index (χ4n) is 1.84. The van der Waals surface area contributed by atoms with E-state index in [1.54, 1.807) is 29.3 Å². The molecule has 2 N–H and O–H groups in total. The highest BCUT2D eigenvalue weighted by Gasteiger charge is 2.15. The number of carbonyl (C=O) groups excluding carboxylic acids is 1. The number of nitrogen functional groups attached to an aromatic ring is 1.